The van der Waals surface area contributed by atoms with Gasteiger partial charge in [-0.2, -0.15) is 5.26 Å². The Kier molecular flexibility index (Phi) is 6.39. The first-order chi connectivity index (χ1) is 12.4. The van der Waals surface area contributed by atoms with Crippen LogP contribution in [0.25, 0.3) is 11.1 Å². The normalized spacial score (nSPS) is 14.7. The SMILES string of the molecule is CC.CNCc1ccc(N2CC(C)(C)C2)c(-c2ccc(C#N)c(F)c2)c1. The van der Waals surface area contributed by atoms with Crippen molar-refractivity contribution in [2.75, 3.05) is 25.0 Å². The summed E-state index contributed by atoms with van der Waals surface area (Å²) in [5.74, 6) is -0.469. The van der Waals surface area contributed by atoms with Crippen molar-refractivity contribution in [3.63, 3.8) is 0 Å². The molecule has 3 nitrogen and oxygen atoms in total. The highest BCUT2D eigenvalue weighted by atomic mass is 19.1. The Morgan fingerprint density at radius 3 is 2.38 bits per heavy atom. The molecule has 4 heteroatoms. The summed E-state index contributed by atoms with van der Waals surface area (Å²) < 4.78 is 14.1. The molecule has 1 saturated heterocycles. The Bertz CT molecular complexity index is 798. The Morgan fingerprint density at radius 1 is 1.15 bits per heavy atom. The van der Waals surface area contributed by atoms with E-state index in [1.807, 2.05) is 33.0 Å². The summed E-state index contributed by atoms with van der Waals surface area (Å²) in [6.07, 6.45) is 0. The number of nitrogens with zero attached hydrogens (tertiary/aromatic N) is 2. The van der Waals surface area contributed by atoms with Gasteiger partial charge in [0.25, 0.3) is 0 Å². The molecule has 1 aliphatic heterocycles. The van der Waals surface area contributed by atoms with Crippen LogP contribution in [0.15, 0.2) is 36.4 Å². The Labute approximate surface area is 156 Å². The minimum Gasteiger partial charge on any atom is -0.370 e. The molecule has 1 heterocycles. The van der Waals surface area contributed by atoms with Crippen LogP contribution >= 0.6 is 0 Å². The lowest BCUT2D eigenvalue weighted by molar-refractivity contribution is 0.277. The van der Waals surface area contributed by atoms with Crippen molar-refractivity contribution in [1.82, 2.24) is 5.32 Å². The molecule has 0 aromatic heterocycles. The molecule has 0 bridgehead atoms. The van der Waals surface area contributed by atoms with Crippen LogP contribution in [-0.2, 0) is 6.54 Å². The molecule has 2 aromatic carbocycles. The van der Waals surface area contributed by atoms with Crippen molar-refractivity contribution in [2.24, 2.45) is 5.41 Å². The summed E-state index contributed by atoms with van der Waals surface area (Å²) in [6, 6.07) is 13.1. The maximum atomic E-state index is 14.1. The number of hydrogen-bond acceptors (Lipinski definition) is 3. The first-order valence-electron chi connectivity index (χ1n) is 9.16. The number of anilines is 1. The highest BCUT2D eigenvalue weighted by Gasteiger charge is 2.35. The van der Waals surface area contributed by atoms with Crippen molar-refractivity contribution < 1.29 is 4.39 Å². The Morgan fingerprint density at radius 2 is 1.85 bits per heavy atom. The van der Waals surface area contributed by atoms with Crippen molar-refractivity contribution >= 4 is 5.69 Å². The maximum absolute atomic E-state index is 14.1. The van der Waals surface area contributed by atoms with Crippen LogP contribution in [0, 0.1) is 22.6 Å². The average molecular weight is 353 g/mol. The fourth-order valence-electron chi connectivity index (χ4n) is 3.33. The maximum Gasteiger partial charge on any atom is 0.141 e. The van der Waals surface area contributed by atoms with Crippen LogP contribution in [0.5, 0.6) is 0 Å². The quantitative estimate of drug-likeness (QED) is 0.845. The standard InChI is InChI=1S/C20H22FN3.C2H6/c1-20(2)12-24(13-20)19-7-4-14(11-23-3)8-17(19)15-5-6-16(10-22)18(21)9-15;1-2/h4-9,23H,11-13H2,1-3H3;1-2H3. The molecule has 2 aromatic rings. The van der Waals surface area contributed by atoms with E-state index in [4.69, 9.17) is 5.26 Å². The third-order valence-corrected chi connectivity index (χ3v) is 4.42. The molecule has 26 heavy (non-hydrogen) atoms. The van der Waals surface area contributed by atoms with Crippen molar-refractivity contribution in [2.45, 2.75) is 34.2 Å². The zero-order chi connectivity index (χ0) is 19.3. The van der Waals surface area contributed by atoms with E-state index in [2.05, 4.69) is 42.3 Å². The number of hydrogen-bond donors (Lipinski definition) is 1. The van der Waals surface area contributed by atoms with Crippen LogP contribution in [-0.4, -0.2) is 20.1 Å². The molecule has 138 valence electrons. The number of nitriles is 1. The first kappa shape index (κ1) is 19.9. The van der Waals surface area contributed by atoms with Gasteiger partial charge in [0.1, 0.15) is 11.9 Å². The summed E-state index contributed by atoms with van der Waals surface area (Å²) in [7, 11) is 1.91. The summed E-state index contributed by atoms with van der Waals surface area (Å²) in [6.45, 7) is 11.2. The molecule has 1 N–H and O–H groups in total. The summed E-state index contributed by atoms with van der Waals surface area (Å²) in [5, 5.41) is 12.1. The van der Waals surface area contributed by atoms with Crippen molar-refractivity contribution in [3.05, 3.63) is 53.3 Å². The average Bonchev–Trinajstić information content (AvgIpc) is 2.61. The summed E-state index contributed by atoms with van der Waals surface area (Å²) >= 11 is 0. The number of benzene rings is 2. The monoisotopic (exact) mass is 353 g/mol. The van der Waals surface area contributed by atoms with Crippen LogP contribution < -0.4 is 10.2 Å². The van der Waals surface area contributed by atoms with Crippen molar-refractivity contribution in [3.8, 4) is 17.2 Å². The molecule has 3 rings (SSSR count). The Balaban J connectivity index is 0.00000117. The van der Waals surface area contributed by atoms with E-state index in [0.717, 1.165) is 42.0 Å². The van der Waals surface area contributed by atoms with Gasteiger partial charge in [-0.25, -0.2) is 4.39 Å². The molecular weight excluding hydrogens is 325 g/mol. The molecule has 1 aliphatic rings. The first-order valence-corrected chi connectivity index (χ1v) is 9.16. The number of nitrogens with one attached hydrogen (secondary N) is 1. The van der Waals surface area contributed by atoms with E-state index < -0.39 is 5.82 Å². The third kappa shape index (κ3) is 4.23. The molecule has 1 fully saturated rings. The van der Waals surface area contributed by atoms with Gasteiger partial charge in [-0.1, -0.05) is 39.8 Å². The second kappa shape index (κ2) is 8.33. The largest absolute Gasteiger partial charge is 0.370 e. The van der Waals surface area contributed by atoms with Gasteiger partial charge in [0.15, 0.2) is 0 Å². The van der Waals surface area contributed by atoms with Crippen LogP contribution in [0.2, 0.25) is 0 Å². The highest BCUT2D eigenvalue weighted by molar-refractivity contribution is 5.80. The molecule has 0 aliphatic carbocycles. The molecule has 0 saturated carbocycles. The van der Waals surface area contributed by atoms with E-state index in [9.17, 15) is 4.39 Å². The number of rotatable bonds is 4. The van der Waals surface area contributed by atoms with E-state index in [1.165, 1.54) is 6.07 Å². The molecule has 0 amide bonds. The Hall–Kier alpha value is -2.38. The smallest absolute Gasteiger partial charge is 0.141 e. The van der Waals surface area contributed by atoms with Gasteiger partial charge in [0, 0.05) is 30.9 Å². The lowest BCUT2D eigenvalue weighted by atomic mass is 9.83. The lowest BCUT2D eigenvalue weighted by Gasteiger charge is -2.48. The summed E-state index contributed by atoms with van der Waals surface area (Å²) in [5.41, 5.74) is 4.50. The van der Waals surface area contributed by atoms with E-state index >= 15 is 0 Å². The van der Waals surface area contributed by atoms with Gasteiger partial charge in [-0.15, -0.1) is 0 Å². The summed E-state index contributed by atoms with van der Waals surface area (Å²) in [4.78, 5) is 2.33. The minimum absolute atomic E-state index is 0.0803. The van der Waals surface area contributed by atoms with E-state index in [0.29, 0.717) is 5.41 Å². The fraction of sp³-hybridized carbons (Fsp3) is 0.409. The fourth-order valence-corrected chi connectivity index (χ4v) is 3.33. The van der Waals surface area contributed by atoms with E-state index in [-0.39, 0.29) is 5.56 Å². The van der Waals surface area contributed by atoms with Gasteiger partial charge in [-0.3, -0.25) is 0 Å². The topological polar surface area (TPSA) is 39.1 Å². The zero-order valence-corrected chi connectivity index (χ0v) is 16.4. The molecule has 0 radical (unpaired) electrons. The van der Waals surface area contributed by atoms with Crippen LogP contribution in [0.4, 0.5) is 10.1 Å². The van der Waals surface area contributed by atoms with Gasteiger partial charge in [0.05, 0.1) is 5.56 Å². The van der Waals surface area contributed by atoms with Gasteiger partial charge >= 0.3 is 0 Å². The van der Waals surface area contributed by atoms with Gasteiger partial charge < -0.3 is 10.2 Å². The molecule has 0 unspecified atom stereocenters. The number of halogens is 1. The van der Waals surface area contributed by atoms with Crippen LogP contribution in [0.1, 0.15) is 38.8 Å². The minimum atomic E-state index is -0.469. The van der Waals surface area contributed by atoms with Gasteiger partial charge in [0.2, 0.25) is 0 Å². The van der Waals surface area contributed by atoms with Crippen LogP contribution in [0.3, 0.4) is 0 Å². The highest BCUT2D eigenvalue weighted by Crippen LogP contribution is 2.39. The predicted molar refractivity (Wildman–Crippen MR) is 107 cm³/mol. The van der Waals surface area contributed by atoms with Crippen molar-refractivity contribution in [1.29, 1.82) is 5.26 Å². The zero-order valence-electron chi connectivity index (χ0n) is 16.4. The van der Waals surface area contributed by atoms with Gasteiger partial charge in [-0.05, 0) is 47.9 Å². The predicted octanol–water partition coefficient (Wildman–Crippen LogP) is 4.96. The second-order valence-electron chi connectivity index (χ2n) is 7.21. The third-order valence-electron chi connectivity index (χ3n) is 4.42. The van der Waals surface area contributed by atoms with E-state index in [1.54, 1.807) is 6.07 Å². The molecule has 0 atom stereocenters. The second-order valence-corrected chi connectivity index (χ2v) is 7.21. The lowest BCUT2D eigenvalue weighted by Crippen LogP contribution is -2.53. The molecular formula is C22H28FN3. The molecule has 0 spiro atoms.